The molecule has 0 unspecified atom stereocenters. The number of nitrogens with one attached hydrogen (secondary N) is 1. The number of amides is 1. The van der Waals surface area contributed by atoms with Gasteiger partial charge in [0.2, 0.25) is 0 Å². The molecule has 0 aliphatic heterocycles. The smallest absolute Gasteiger partial charge is 0.261 e. The second-order valence-corrected chi connectivity index (χ2v) is 6.07. The van der Waals surface area contributed by atoms with Crippen molar-refractivity contribution >= 4 is 23.0 Å². The van der Waals surface area contributed by atoms with Gasteiger partial charge in [-0.05, 0) is 56.5 Å². The molecule has 4 nitrogen and oxygen atoms in total. The molecule has 0 radical (unpaired) electrons. The number of hydrogen-bond acceptors (Lipinski definition) is 4. The molecule has 1 N–H and O–H groups in total. The third kappa shape index (κ3) is 4.18. The zero-order valence-corrected chi connectivity index (χ0v) is 13.6. The van der Waals surface area contributed by atoms with Gasteiger partial charge in [0, 0.05) is 10.4 Å². The van der Waals surface area contributed by atoms with E-state index >= 15 is 0 Å². The molecule has 2 rings (SSSR count). The largest absolute Gasteiger partial charge is 0.481 e. The molecule has 0 saturated heterocycles. The highest BCUT2D eigenvalue weighted by Gasteiger charge is 2.18. The Morgan fingerprint density at radius 1 is 1.14 bits per heavy atom. The van der Waals surface area contributed by atoms with E-state index in [1.165, 1.54) is 6.92 Å². The van der Waals surface area contributed by atoms with Gasteiger partial charge in [-0.1, -0.05) is 6.07 Å². The van der Waals surface area contributed by atoms with Gasteiger partial charge in [0.05, 0.1) is 6.04 Å². The Hall–Kier alpha value is -2.14. The number of thiophene rings is 1. The first-order chi connectivity index (χ1) is 10.5. The summed E-state index contributed by atoms with van der Waals surface area (Å²) in [6.45, 7) is 5.16. The first-order valence-electron chi connectivity index (χ1n) is 7.09. The predicted molar refractivity (Wildman–Crippen MR) is 87.4 cm³/mol. The van der Waals surface area contributed by atoms with Crippen molar-refractivity contribution in [1.29, 1.82) is 0 Å². The van der Waals surface area contributed by atoms with Gasteiger partial charge in [-0.25, -0.2) is 0 Å². The average molecular weight is 317 g/mol. The summed E-state index contributed by atoms with van der Waals surface area (Å²) >= 11 is 1.61. The van der Waals surface area contributed by atoms with Gasteiger partial charge in [-0.3, -0.25) is 9.59 Å². The molecule has 1 amide bonds. The number of Topliss-reactive ketones (excluding diaryl/α,β-unsaturated/α-hetero) is 1. The summed E-state index contributed by atoms with van der Waals surface area (Å²) in [5.74, 6) is 0.398. The summed E-state index contributed by atoms with van der Waals surface area (Å²) < 4.78 is 5.61. The summed E-state index contributed by atoms with van der Waals surface area (Å²) in [6, 6.07) is 10.7. The first-order valence-corrected chi connectivity index (χ1v) is 7.96. The Balaban J connectivity index is 1.92. The van der Waals surface area contributed by atoms with E-state index in [0.29, 0.717) is 11.3 Å². The SMILES string of the molecule is CC(=O)c1ccc(O[C@@H](C)C(=O)N[C@H](C)c2cccs2)cc1. The monoisotopic (exact) mass is 317 g/mol. The van der Waals surface area contributed by atoms with Crippen LogP contribution in [0.15, 0.2) is 41.8 Å². The normalized spacial score (nSPS) is 13.2. The van der Waals surface area contributed by atoms with E-state index in [1.54, 1.807) is 42.5 Å². The van der Waals surface area contributed by atoms with Crippen LogP contribution in [0.2, 0.25) is 0 Å². The van der Waals surface area contributed by atoms with Crippen molar-refractivity contribution in [1.82, 2.24) is 5.32 Å². The molecular formula is C17H19NO3S. The topological polar surface area (TPSA) is 55.4 Å². The lowest BCUT2D eigenvalue weighted by atomic mass is 10.1. The maximum atomic E-state index is 12.1. The molecule has 0 saturated carbocycles. The molecule has 0 aliphatic carbocycles. The zero-order valence-electron chi connectivity index (χ0n) is 12.8. The summed E-state index contributed by atoms with van der Waals surface area (Å²) in [4.78, 5) is 24.5. The van der Waals surface area contributed by atoms with E-state index in [1.807, 2.05) is 24.4 Å². The van der Waals surface area contributed by atoms with Gasteiger partial charge in [0.15, 0.2) is 11.9 Å². The molecule has 0 aliphatic rings. The van der Waals surface area contributed by atoms with Crippen molar-refractivity contribution in [3.63, 3.8) is 0 Å². The fourth-order valence-electron chi connectivity index (χ4n) is 1.97. The highest BCUT2D eigenvalue weighted by Crippen LogP contribution is 2.19. The number of ether oxygens (including phenoxy) is 1. The van der Waals surface area contributed by atoms with E-state index in [0.717, 1.165) is 4.88 Å². The number of carbonyl (C=O) groups is 2. The second-order valence-electron chi connectivity index (χ2n) is 5.09. The second kappa shape index (κ2) is 7.22. The molecule has 0 spiro atoms. The Morgan fingerprint density at radius 2 is 1.82 bits per heavy atom. The Morgan fingerprint density at radius 3 is 2.36 bits per heavy atom. The van der Waals surface area contributed by atoms with Crippen molar-refractivity contribution in [2.75, 3.05) is 0 Å². The number of benzene rings is 1. The van der Waals surface area contributed by atoms with E-state index in [-0.39, 0.29) is 17.7 Å². The highest BCUT2D eigenvalue weighted by molar-refractivity contribution is 7.10. The number of ketones is 1. The molecule has 2 atom stereocenters. The molecule has 22 heavy (non-hydrogen) atoms. The molecule has 1 aromatic heterocycles. The van der Waals surface area contributed by atoms with Crippen LogP contribution in [0, 0.1) is 0 Å². The zero-order chi connectivity index (χ0) is 16.1. The third-order valence-electron chi connectivity index (χ3n) is 3.27. The van der Waals surface area contributed by atoms with Crippen LogP contribution in [-0.4, -0.2) is 17.8 Å². The van der Waals surface area contributed by atoms with Crippen molar-refractivity contribution < 1.29 is 14.3 Å². The van der Waals surface area contributed by atoms with E-state index < -0.39 is 6.10 Å². The predicted octanol–water partition coefficient (Wildman–Crippen LogP) is 3.60. The maximum absolute atomic E-state index is 12.1. The van der Waals surface area contributed by atoms with Gasteiger partial charge in [0.1, 0.15) is 5.75 Å². The van der Waals surface area contributed by atoms with E-state index in [2.05, 4.69) is 5.32 Å². The first kappa shape index (κ1) is 16.2. The summed E-state index contributed by atoms with van der Waals surface area (Å²) in [5, 5.41) is 4.90. The van der Waals surface area contributed by atoms with Crippen LogP contribution in [0.3, 0.4) is 0 Å². The van der Waals surface area contributed by atoms with Gasteiger partial charge >= 0.3 is 0 Å². The number of carbonyl (C=O) groups excluding carboxylic acids is 2. The van der Waals surface area contributed by atoms with Crippen molar-refractivity contribution in [3.05, 3.63) is 52.2 Å². The maximum Gasteiger partial charge on any atom is 0.261 e. The molecular weight excluding hydrogens is 298 g/mol. The Kier molecular flexibility index (Phi) is 5.33. The Labute approximate surface area is 134 Å². The third-order valence-corrected chi connectivity index (χ3v) is 4.33. The minimum Gasteiger partial charge on any atom is -0.481 e. The highest BCUT2D eigenvalue weighted by atomic mass is 32.1. The molecule has 0 bridgehead atoms. The minimum absolute atomic E-state index is 0.00196. The van der Waals surface area contributed by atoms with Crippen LogP contribution in [0.1, 0.15) is 42.0 Å². The quantitative estimate of drug-likeness (QED) is 0.828. The average Bonchev–Trinajstić information content (AvgIpc) is 3.02. The lowest BCUT2D eigenvalue weighted by Gasteiger charge is -2.18. The molecule has 2 aromatic rings. The molecule has 1 aromatic carbocycles. The van der Waals surface area contributed by atoms with Gasteiger partial charge in [-0.15, -0.1) is 11.3 Å². The summed E-state index contributed by atoms with van der Waals surface area (Å²) in [6.07, 6.45) is -0.606. The van der Waals surface area contributed by atoms with E-state index in [9.17, 15) is 9.59 Å². The van der Waals surface area contributed by atoms with Crippen molar-refractivity contribution in [2.45, 2.75) is 32.9 Å². The molecule has 116 valence electrons. The Bertz CT molecular complexity index is 634. The fourth-order valence-corrected chi connectivity index (χ4v) is 2.70. The lowest BCUT2D eigenvalue weighted by molar-refractivity contribution is -0.127. The summed E-state index contributed by atoms with van der Waals surface area (Å²) in [5.41, 5.74) is 0.621. The van der Waals surface area contributed by atoms with Crippen LogP contribution in [0.4, 0.5) is 0 Å². The van der Waals surface area contributed by atoms with Crippen molar-refractivity contribution in [3.8, 4) is 5.75 Å². The molecule has 5 heteroatoms. The van der Waals surface area contributed by atoms with Crippen LogP contribution < -0.4 is 10.1 Å². The standard InChI is InChI=1S/C17H19NO3S/c1-11(16-5-4-10-22-16)18-17(20)13(3)21-15-8-6-14(7-9-15)12(2)19/h4-11,13H,1-3H3,(H,18,20)/t11-,13+/m1/s1. The van der Waals surface area contributed by atoms with Crippen molar-refractivity contribution in [2.24, 2.45) is 0 Å². The molecule has 0 fully saturated rings. The van der Waals surface area contributed by atoms with Gasteiger partial charge < -0.3 is 10.1 Å². The van der Waals surface area contributed by atoms with Gasteiger partial charge in [0.25, 0.3) is 5.91 Å². The fraction of sp³-hybridized carbons (Fsp3) is 0.294. The number of hydrogen-bond donors (Lipinski definition) is 1. The van der Waals surface area contributed by atoms with E-state index in [4.69, 9.17) is 4.74 Å². The van der Waals surface area contributed by atoms with Crippen LogP contribution in [-0.2, 0) is 4.79 Å². The van der Waals surface area contributed by atoms with Gasteiger partial charge in [-0.2, -0.15) is 0 Å². The van der Waals surface area contributed by atoms with Crippen LogP contribution in [0.25, 0.3) is 0 Å². The lowest BCUT2D eigenvalue weighted by Crippen LogP contribution is -2.37. The van der Waals surface area contributed by atoms with Crippen LogP contribution >= 0.6 is 11.3 Å². The van der Waals surface area contributed by atoms with Crippen LogP contribution in [0.5, 0.6) is 5.75 Å². The summed E-state index contributed by atoms with van der Waals surface area (Å²) in [7, 11) is 0. The number of rotatable bonds is 6. The molecule has 1 heterocycles. The minimum atomic E-state index is -0.606.